The molecule has 0 saturated heterocycles. The van der Waals surface area contributed by atoms with Gasteiger partial charge in [-0.15, -0.1) is 0 Å². The average Bonchev–Trinajstić information content (AvgIpc) is 2.61. The lowest BCUT2D eigenvalue weighted by atomic mass is 10.2. The smallest absolute Gasteiger partial charge is 0.250 e. The standard InChI is InChI=1S/C19H21NO3/c1-4-20(16-8-6-5-7-9-16)19(21)13-11-15-10-12-17(22-2)18(14-15)23-3/h5-14H,4H2,1-3H3/b13-11+. The summed E-state index contributed by atoms with van der Waals surface area (Å²) in [7, 11) is 3.18. The SMILES string of the molecule is CCN(C(=O)/C=C/c1ccc(OC)c(OC)c1)c1ccccc1. The van der Waals surface area contributed by atoms with Crippen LogP contribution >= 0.6 is 0 Å². The highest BCUT2D eigenvalue weighted by Gasteiger charge is 2.10. The van der Waals surface area contributed by atoms with Gasteiger partial charge in [-0.3, -0.25) is 4.79 Å². The lowest BCUT2D eigenvalue weighted by Gasteiger charge is -2.19. The van der Waals surface area contributed by atoms with Crippen molar-refractivity contribution in [2.24, 2.45) is 0 Å². The molecule has 0 atom stereocenters. The molecule has 0 heterocycles. The van der Waals surface area contributed by atoms with Gasteiger partial charge in [-0.25, -0.2) is 0 Å². The van der Waals surface area contributed by atoms with Gasteiger partial charge in [-0.1, -0.05) is 24.3 Å². The van der Waals surface area contributed by atoms with Crippen LogP contribution in [0.1, 0.15) is 12.5 Å². The molecule has 2 aromatic rings. The predicted molar refractivity (Wildman–Crippen MR) is 93.0 cm³/mol. The van der Waals surface area contributed by atoms with E-state index >= 15 is 0 Å². The molecular formula is C19H21NO3. The quantitative estimate of drug-likeness (QED) is 0.762. The highest BCUT2D eigenvalue weighted by molar-refractivity contribution is 6.03. The summed E-state index contributed by atoms with van der Waals surface area (Å²) in [6.07, 6.45) is 3.34. The highest BCUT2D eigenvalue weighted by Crippen LogP contribution is 2.28. The number of carbonyl (C=O) groups is 1. The van der Waals surface area contributed by atoms with Gasteiger partial charge in [-0.05, 0) is 42.8 Å². The minimum Gasteiger partial charge on any atom is -0.493 e. The van der Waals surface area contributed by atoms with E-state index in [9.17, 15) is 4.79 Å². The number of para-hydroxylation sites is 1. The number of likely N-dealkylation sites (N-methyl/N-ethyl adjacent to an activating group) is 1. The molecule has 0 fully saturated rings. The van der Waals surface area contributed by atoms with Crippen molar-refractivity contribution in [1.82, 2.24) is 0 Å². The van der Waals surface area contributed by atoms with E-state index in [-0.39, 0.29) is 5.91 Å². The maximum absolute atomic E-state index is 12.4. The van der Waals surface area contributed by atoms with E-state index in [1.165, 1.54) is 0 Å². The first-order chi connectivity index (χ1) is 11.2. The molecule has 2 rings (SSSR count). The van der Waals surface area contributed by atoms with Crippen molar-refractivity contribution >= 4 is 17.7 Å². The predicted octanol–water partition coefficient (Wildman–Crippen LogP) is 3.77. The number of carbonyl (C=O) groups excluding carboxylic acids is 1. The lowest BCUT2D eigenvalue weighted by Crippen LogP contribution is -2.28. The van der Waals surface area contributed by atoms with Crippen LogP contribution in [0.3, 0.4) is 0 Å². The van der Waals surface area contributed by atoms with E-state index in [0.717, 1.165) is 11.3 Å². The fourth-order valence-corrected chi connectivity index (χ4v) is 2.29. The zero-order valence-electron chi connectivity index (χ0n) is 13.7. The summed E-state index contributed by atoms with van der Waals surface area (Å²) in [5, 5.41) is 0. The first-order valence-electron chi connectivity index (χ1n) is 7.46. The maximum Gasteiger partial charge on any atom is 0.250 e. The van der Waals surface area contributed by atoms with Gasteiger partial charge < -0.3 is 14.4 Å². The monoisotopic (exact) mass is 311 g/mol. The first-order valence-corrected chi connectivity index (χ1v) is 7.46. The van der Waals surface area contributed by atoms with E-state index < -0.39 is 0 Å². The van der Waals surface area contributed by atoms with Crippen molar-refractivity contribution in [3.05, 3.63) is 60.2 Å². The van der Waals surface area contributed by atoms with E-state index in [2.05, 4.69) is 0 Å². The molecule has 1 amide bonds. The second-order valence-corrected chi connectivity index (χ2v) is 4.87. The molecule has 0 bridgehead atoms. The number of ether oxygens (including phenoxy) is 2. The first kappa shape index (κ1) is 16.6. The number of rotatable bonds is 6. The number of amides is 1. The maximum atomic E-state index is 12.4. The van der Waals surface area contributed by atoms with Gasteiger partial charge in [0.1, 0.15) is 0 Å². The Labute approximate surface area is 137 Å². The molecule has 0 spiro atoms. The Balaban J connectivity index is 2.17. The number of methoxy groups -OCH3 is 2. The van der Waals surface area contributed by atoms with E-state index in [0.29, 0.717) is 18.0 Å². The second-order valence-electron chi connectivity index (χ2n) is 4.87. The van der Waals surface area contributed by atoms with Gasteiger partial charge in [-0.2, -0.15) is 0 Å². The summed E-state index contributed by atoms with van der Waals surface area (Å²) in [6, 6.07) is 15.1. The minimum atomic E-state index is -0.0616. The van der Waals surface area contributed by atoms with Gasteiger partial charge in [0.15, 0.2) is 11.5 Å². The van der Waals surface area contributed by atoms with Gasteiger partial charge in [0.2, 0.25) is 0 Å². The van der Waals surface area contributed by atoms with Crippen molar-refractivity contribution < 1.29 is 14.3 Å². The second kappa shape index (κ2) is 8.03. The van der Waals surface area contributed by atoms with Crippen molar-refractivity contribution in [3.8, 4) is 11.5 Å². The fourth-order valence-electron chi connectivity index (χ4n) is 2.29. The summed E-state index contributed by atoms with van der Waals surface area (Å²) in [5.74, 6) is 1.24. The summed E-state index contributed by atoms with van der Waals surface area (Å²) in [4.78, 5) is 14.1. The van der Waals surface area contributed by atoms with Crippen molar-refractivity contribution in [2.75, 3.05) is 25.7 Å². The molecule has 2 aromatic carbocycles. The van der Waals surface area contributed by atoms with Crippen LogP contribution in [0.2, 0.25) is 0 Å². The molecule has 0 aliphatic carbocycles. The molecular weight excluding hydrogens is 290 g/mol. The molecule has 0 aliphatic rings. The van der Waals surface area contributed by atoms with Gasteiger partial charge in [0.25, 0.3) is 5.91 Å². The largest absolute Gasteiger partial charge is 0.493 e. The molecule has 120 valence electrons. The minimum absolute atomic E-state index is 0.0616. The zero-order chi connectivity index (χ0) is 16.7. The van der Waals surface area contributed by atoms with E-state index in [1.807, 2.05) is 55.5 Å². The molecule has 0 aliphatic heterocycles. The van der Waals surface area contributed by atoms with Crippen molar-refractivity contribution in [2.45, 2.75) is 6.92 Å². The van der Waals surface area contributed by atoms with Crippen LogP contribution in [-0.4, -0.2) is 26.7 Å². The van der Waals surface area contributed by atoms with Crippen molar-refractivity contribution in [3.63, 3.8) is 0 Å². The van der Waals surface area contributed by atoms with Crippen molar-refractivity contribution in [1.29, 1.82) is 0 Å². The fraction of sp³-hybridized carbons (Fsp3) is 0.211. The summed E-state index contributed by atoms with van der Waals surface area (Å²) >= 11 is 0. The van der Waals surface area contributed by atoms with E-state index in [1.54, 1.807) is 31.3 Å². The number of anilines is 1. The number of hydrogen-bond donors (Lipinski definition) is 0. The average molecular weight is 311 g/mol. The number of benzene rings is 2. The van der Waals surface area contributed by atoms with Crippen LogP contribution < -0.4 is 14.4 Å². The summed E-state index contributed by atoms with van der Waals surface area (Å²) < 4.78 is 10.5. The normalized spacial score (nSPS) is 10.6. The molecule has 4 nitrogen and oxygen atoms in total. The molecule has 0 N–H and O–H groups in total. The Morgan fingerprint density at radius 3 is 2.35 bits per heavy atom. The Morgan fingerprint density at radius 1 is 1.04 bits per heavy atom. The van der Waals surface area contributed by atoms with Crippen LogP contribution in [0.15, 0.2) is 54.6 Å². The highest BCUT2D eigenvalue weighted by atomic mass is 16.5. The molecule has 0 aromatic heterocycles. The van der Waals surface area contributed by atoms with Crippen LogP contribution in [0.5, 0.6) is 11.5 Å². The van der Waals surface area contributed by atoms with Crippen LogP contribution in [0.4, 0.5) is 5.69 Å². The number of hydrogen-bond acceptors (Lipinski definition) is 3. The van der Waals surface area contributed by atoms with Gasteiger partial charge in [0, 0.05) is 18.3 Å². The third kappa shape index (κ3) is 4.13. The van der Waals surface area contributed by atoms with Gasteiger partial charge in [0.05, 0.1) is 14.2 Å². The Kier molecular flexibility index (Phi) is 5.80. The molecule has 4 heteroatoms. The third-order valence-corrected chi connectivity index (χ3v) is 3.48. The lowest BCUT2D eigenvalue weighted by molar-refractivity contribution is -0.114. The Hall–Kier alpha value is -2.75. The Morgan fingerprint density at radius 2 is 1.74 bits per heavy atom. The Bertz CT molecular complexity index is 680. The molecule has 0 unspecified atom stereocenters. The summed E-state index contributed by atoms with van der Waals surface area (Å²) in [6.45, 7) is 2.56. The van der Waals surface area contributed by atoms with Crippen LogP contribution in [0, 0.1) is 0 Å². The molecule has 0 saturated carbocycles. The van der Waals surface area contributed by atoms with Crippen LogP contribution in [-0.2, 0) is 4.79 Å². The number of nitrogens with zero attached hydrogens (tertiary/aromatic N) is 1. The topological polar surface area (TPSA) is 38.8 Å². The molecule has 0 radical (unpaired) electrons. The van der Waals surface area contributed by atoms with Gasteiger partial charge >= 0.3 is 0 Å². The van der Waals surface area contributed by atoms with E-state index in [4.69, 9.17) is 9.47 Å². The summed E-state index contributed by atoms with van der Waals surface area (Å²) in [5.41, 5.74) is 1.76. The molecule has 23 heavy (non-hydrogen) atoms. The zero-order valence-corrected chi connectivity index (χ0v) is 13.7. The van der Waals surface area contributed by atoms with Crippen LogP contribution in [0.25, 0.3) is 6.08 Å². The third-order valence-electron chi connectivity index (χ3n) is 3.48.